The van der Waals surface area contributed by atoms with Gasteiger partial charge in [-0.2, -0.15) is 18.2 Å². The summed E-state index contributed by atoms with van der Waals surface area (Å²) in [4.78, 5) is 29.7. The molecule has 1 unspecified atom stereocenters. The molecule has 0 aliphatic carbocycles. The van der Waals surface area contributed by atoms with Crippen LogP contribution in [0.1, 0.15) is 34.8 Å². The van der Waals surface area contributed by atoms with Crippen molar-refractivity contribution in [1.29, 1.82) is 0 Å². The number of aliphatic carboxylic acids is 1. The van der Waals surface area contributed by atoms with Crippen LogP contribution in [0.3, 0.4) is 0 Å². The second-order valence-corrected chi connectivity index (χ2v) is 7.72. The molecule has 4 rings (SSSR count). The van der Waals surface area contributed by atoms with Gasteiger partial charge in [0.2, 0.25) is 11.7 Å². The second kappa shape index (κ2) is 12.5. The molecule has 0 saturated carbocycles. The Balaban J connectivity index is 0.000000505. The molecule has 3 N–H and O–H groups in total. The molecule has 0 aliphatic heterocycles. The van der Waals surface area contributed by atoms with Gasteiger partial charge in [-0.3, -0.25) is 9.78 Å². The summed E-state index contributed by atoms with van der Waals surface area (Å²) in [5, 5.41) is 17.2. The number of carbonyl (C=O) groups is 2. The molecule has 2 heterocycles. The third-order valence-electron chi connectivity index (χ3n) is 4.94. The number of hydrogen-bond acceptors (Lipinski definition) is 7. The highest BCUT2D eigenvalue weighted by atomic mass is 19.4. The second-order valence-electron chi connectivity index (χ2n) is 7.72. The van der Waals surface area contributed by atoms with E-state index in [9.17, 15) is 22.4 Å². The van der Waals surface area contributed by atoms with Crippen LogP contribution in [0.5, 0.6) is 0 Å². The lowest BCUT2D eigenvalue weighted by molar-refractivity contribution is -0.192. The Morgan fingerprint density at radius 1 is 1.03 bits per heavy atom. The van der Waals surface area contributed by atoms with Crippen molar-refractivity contribution in [3.63, 3.8) is 0 Å². The van der Waals surface area contributed by atoms with Gasteiger partial charge in [0.15, 0.2) is 0 Å². The summed E-state index contributed by atoms with van der Waals surface area (Å²) >= 11 is 0. The zero-order chi connectivity index (χ0) is 27.7. The highest BCUT2D eigenvalue weighted by Crippen LogP contribution is 2.18. The molecule has 2 aromatic carbocycles. The van der Waals surface area contributed by atoms with E-state index in [2.05, 4.69) is 25.8 Å². The van der Waals surface area contributed by atoms with Gasteiger partial charge in [-0.05, 0) is 61.0 Å². The molecule has 9 nitrogen and oxygen atoms in total. The molecule has 1 amide bonds. The Kier molecular flexibility index (Phi) is 9.22. The van der Waals surface area contributed by atoms with Crippen molar-refractivity contribution in [3.05, 3.63) is 95.8 Å². The van der Waals surface area contributed by atoms with Crippen LogP contribution in [0, 0.1) is 5.82 Å². The fourth-order valence-corrected chi connectivity index (χ4v) is 2.94. The molecule has 13 heteroatoms. The van der Waals surface area contributed by atoms with E-state index in [0.29, 0.717) is 35.2 Å². The first-order chi connectivity index (χ1) is 18.0. The van der Waals surface area contributed by atoms with Crippen LogP contribution in [-0.4, -0.2) is 38.3 Å². The molecule has 198 valence electrons. The van der Waals surface area contributed by atoms with Gasteiger partial charge >= 0.3 is 12.1 Å². The monoisotopic (exact) mass is 531 g/mol. The summed E-state index contributed by atoms with van der Waals surface area (Å²) in [5.74, 6) is -2.51. The van der Waals surface area contributed by atoms with Gasteiger partial charge < -0.3 is 20.3 Å². The number of amides is 1. The van der Waals surface area contributed by atoms with Crippen molar-refractivity contribution in [1.82, 2.24) is 20.4 Å². The number of alkyl halides is 3. The summed E-state index contributed by atoms with van der Waals surface area (Å²) in [6, 6.07) is 18.4. The Morgan fingerprint density at radius 3 is 2.26 bits per heavy atom. The van der Waals surface area contributed by atoms with E-state index in [1.165, 1.54) is 24.3 Å². The fraction of sp³-hybridized carbons (Fsp3) is 0.160. The largest absolute Gasteiger partial charge is 0.490 e. The van der Waals surface area contributed by atoms with Crippen molar-refractivity contribution in [2.75, 3.05) is 5.32 Å². The van der Waals surface area contributed by atoms with Crippen molar-refractivity contribution < 1.29 is 36.8 Å². The van der Waals surface area contributed by atoms with Gasteiger partial charge in [0.25, 0.3) is 5.91 Å². The van der Waals surface area contributed by atoms with Crippen LogP contribution in [0.15, 0.2) is 77.4 Å². The lowest BCUT2D eigenvalue weighted by atomic mass is 10.1. The van der Waals surface area contributed by atoms with Crippen LogP contribution in [0.2, 0.25) is 0 Å². The summed E-state index contributed by atoms with van der Waals surface area (Å²) in [7, 11) is 0. The minimum atomic E-state index is -5.08. The number of benzene rings is 2. The average Bonchev–Trinajstić information content (AvgIpc) is 3.37. The molecule has 38 heavy (non-hydrogen) atoms. The van der Waals surface area contributed by atoms with Crippen molar-refractivity contribution >= 4 is 17.6 Å². The zero-order valence-electron chi connectivity index (χ0n) is 19.7. The number of carboxylic acids is 1. The van der Waals surface area contributed by atoms with Gasteiger partial charge in [-0.25, -0.2) is 9.18 Å². The summed E-state index contributed by atoms with van der Waals surface area (Å²) in [6.07, 6.45) is -3.41. The first kappa shape index (κ1) is 27.9. The maximum atomic E-state index is 13.0. The first-order valence-electron chi connectivity index (χ1n) is 11.0. The molecule has 0 fully saturated rings. The number of nitrogens with one attached hydrogen (secondary N) is 2. The minimum absolute atomic E-state index is 0.0204. The number of anilines is 1. The van der Waals surface area contributed by atoms with Crippen molar-refractivity contribution in [2.45, 2.75) is 25.7 Å². The fourth-order valence-electron chi connectivity index (χ4n) is 2.94. The third kappa shape index (κ3) is 8.20. The van der Waals surface area contributed by atoms with Crippen LogP contribution in [0.4, 0.5) is 23.2 Å². The standard InChI is InChI=1S/C23H20FN5O2.C2HF3O2/c1-15(26-14-21-28-22(29-31-21)20-4-2-3-13-25-20)16-7-11-19(12-8-16)27-23(30)17-5-9-18(24)10-6-17;3-2(4,5)1(6)7/h2-13,15,26H,14H2,1H3,(H,27,30);(H,6,7). The molecular formula is C25H21F4N5O4. The SMILES string of the molecule is CC(NCc1nc(-c2ccccn2)no1)c1ccc(NC(=O)c2ccc(F)cc2)cc1.O=C(O)C(F)(F)F. The van der Waals surface area contributed by atoms with Crippen LogP contribution >= 0.6 is 0 Å². The molecule has 2 aromatic heterocycles. The highest BCUT2D eigenvalue weighted by Gasteiger charge is 2.38. The third-order valence-corrected chi connectivity index (χ3v) is 4.94. The van der Waals surface area contributed by atoms with Gasteiger partial charge in [-0.1, -0.05) is 23.4 Å². The maximum absolute atomic E-state index is 13.0. The van der Waals surface area contributed by atoms with Gasteiger partial charge in [0.05, 0.1) is 6.54 Å². The average molecular weight is 531 g/mol. The lowest BCUT2D eigenvalue weighted by Crippen LogP contribution is -2.21. The summed E-state index contributed by atoms with van der Waals surface area (Å²) in [6.45, 7) is 2.42. The predicted octanol–water partition coefficient (Wildman–Crippen LogP) is 5.01. The van der Waals surface area contributed by atoms with Crippen molar-refractivity contribution in [2.24, 2.45) is 0 Å². The van der Waals surface area contributed by atoms with E-state index in [0.717, 1.165) is 5.56 Å². The molecule has 0 saturated heterocycles. The molecule has 4 aromatic rings. The van der Waals surface area contributed by atoms with E-state index in [4.69, 9.17) is 14.4 Å². The summed E-state index contributed by atoms with van der Waals surface area (Å²) < 4.78 is 50.0. The number of halogens is 4. The molecule has 0 bridgehead atoms. The quantitative estimate of drug-likeness (QED) is 0.284. The number of carboxylic acid groups (broad SMARTS) is 1. The Bertz CT molecular complexity index is 1340. The Labute approximate surface area is 213 Å². The Hall–Kier alpha value is -4.65. The highest BCUT2D eigenvalue weighted by molar-refractivity contribution is 6.04. The number of carbonyl (C=O) groups excluding carboxylic acids is 1. The molecule has 1 atom stereocenters. The summed E-state index contributed by atoms with van der Waals surface area (Å²) in [5.41, 5.74) is 2.74. The molecule has 0 radical (unpaired) electrons. The van der Waals surface area contributed by atoms with E-state index in [1.54, 1.807) is 6.20 Å². The van der Waals surface area contributed by atoms with Gasteiger partial charge in [-0.15, -0.1) is 0 Å². The molecule has 0 spiro atoms. The maximum Gasteiger partial charge on any atom is 0.490 e. The van der Waals surface area contributed by atoms with Crippen LogP contribution in [0.25, 0.3) is 11.5 Å². The molecule has 0 aliphatic rings. The number of pyridine rings is 1. The van der Waals surface area contributed by atoms with Gasteiger partial charge in [0.1, 0.15) is 11.5 Å². The first-order valence-corrected chi connectivity index (χ1v) is 11.0. The van der Waals surface area contributed by atoms with Crippen molar-refractivity contribution in [3.8, 4) is 11.5 Å². The van der Waals surface area contributed by atoms with E-state index >= 15 is 0 Å². The van der Waals surface area contributed by atoms with Crippen LogP contribution in [-0.2, 0) is 11.3 Å². The topological polar surface area (TPSA) is 130 Å². The van der Waals surface area contributed by atoms with Crippen LogP contribution < -0.4 is 10.6 Å². The lowest BCUT2D eigenvalue weighted by Gasteiger charge is -2.13. The van der Waals surface area contributed by atoms with E-state index in [1.807, 2.05) is 49.4 Å². The Morgan fingerprint density at radius 2 is 1.68 bits per heavy atom. The van der Waals surface area contributed by atoms with Gasteiger partial charge in [0, 0.05) is 23.5 Å². The number of hydrogen-bond donors (Lipinski definition) is 3. The smallest absolute Gasteiger partial charge is 0.475 e. The number of nitrogens with zero attached hydrogens (tertiary/aromatic N) is 3. The van der Waals surface area contributed by atoms with E-state index < -0.39 is 12.1 Å². The molecular weight excluding hydrogens is 510 g/mol. The zero-order valence-corrected chi connectivity index (χ0v) is 19.7. The number of aromatic nitrogens is 3. The normalized spacial score (nSPS) is 11.7. The predicted molar refractivity (Wildman–Crippen MR) is 127 cm³/mol. The minimum Gasteiger partial charge on any atom is -0.475 e. The number of rotatable bonds is 7. The van der Waals surface area contributed by atoms with E-state index in [-0.39, 0.29) is 17.8 Å².